The van der Waals surface area contributed by atoms with Crippen LogP contribution in [0, 0.1) is 23.7 Å². The van der Waals surface area contributed by atoms with Gasteiger partial charge >= 0.3 is 0 Å². The van der Waals surface area contributed by atoms with Gasteiger partial charge in [0.25, 0.3) is 0 Å². The average Bonchev–Trinajstić information content (AvgIpc) is 4.17. The molecule has 5 heterocycles. The van der Waals surface area contributed by atoms with Crippen molar-refractivity contribution in [1.29, 1.82) is 0 Å². The largest absolute Gasteiger partial charge is 0.172 e. The van der Waals surface area contributed by atoms with E-state index in [1.807, 2.05) is 22.7 Å². The summed E-state index contributed by atoms with van der Waals surface area (Å²) in [5.74, 6) is 3.32. The van der Waals surface area contributed by atoms with Crippen LogP contribution >= 0.6 is 57.1 Å². The van der Waals surface area contributed by atoms with Crippen molar-refractivity contribution in [3.8, 4) is 20.9 Å². The number of hydrogen-bond acceptors (Lipinski definition) is 7. The summed E-state index contributed by atoms with van der Waals surface area (Å²) in [4.78, 5) is 2.73. The monoisotopic (exact) mass is 896 g/mol. The van der Waals surface area contributed by atoms with Crippen molar-refractivity contribution in [3.63, 3.8) is 0 Å². The van der Waals surface area contributed by atoms with E-state index in [0.717, 1.165) is 34.7 Å². The fraction of sp³-hybridized carbons (Fsp3) is 0.519. The second kappa shape index (κ2) is 17.4. The zero-order valence-corrected chi connectivity index (χ0v) is 39.9. The predicted molar refractivity (Wildman–Crippen MR) is 271 cm³/mol. The lowest BCUT2D eigenvalue weighted by atomic mass is 9.80. The standard InChI is InChI=1S/C54H60N2S5/c1-5-13-33(14-6-1)27-41-43(29-35-17-9-3-10-18-35)53-45(37-23-25-57-51(37)41)31-47(59-53)39-21-22-40(50-49(39)55-61-56-50)48-32-46-38-24-26-58-52(38)42(28-34-15-7-2-8-16-34)44(54(46)60-48)30-36-19-11-4-12-20-36/h21-26,31-36H,1-20,27-30H2. The first kappa shape index (κ1) is 39.9. The minimum Gasteiger partial charge on any atom is -0.172 e. The molecule has 0 radical (unpaired) electrons. The van der Waals surface area contributed by atoms with Gasteiger partial charge in [-0.25, -0.2) is 0 Å². The Balaban J connectivity index is 0.973. The highest BCUT2D eigenvalue weighted by molar-refractivity contribution is 7.24. The van der Waals surface area contributed by atoms with Gasteiger partial charge in [0.2, 0.25) is 0 Å². The summed E-state index contributed by atoms with van der Waals surface area (Å²) in [7, 11) is 0. The van der Waals surface area contributed by atoms with Crippen LogP contribution in [0.2, 0.25) is 0 Å². The van der Waals surface area contributed by atoms with Crippen molar-refractivity contribution in [2.24, 2.45) is 23.7 Å². The quantitative estimate of drug-likeness (QED) is 0.137. The molecular weight excluding hydrogens is 837 g/mol. The molecule has 8 aromatic rings. The number of hydrogen-bond donors (Lipinski definition) is 0. The van der Waals surface area contributed by atoms with Crippen molar-refractivity contribution >= 4 is 108 Å². The Bertz CT molecular complexity index is 2630. The third-order valence-electron chi connectivity index (χ3n) is 16.0. The molecule has 0 atom stereocenters. The molecule has 0 aliphatic heterocycles. The highest BCUT2D eigenvalue weighted by atomic mass is 32.1. The third kappa shape index (κ3) is 7.56. The fourth-order valence-electron chi connectivity index (χ4n) is 12.8. The van der Waals surface area contributed by atoms with Gasteiger partial charge in [0, 0.05) is 61.2 Å². The first-order valence-electron chi connectivity index (χ1n) is 24.4. The highest BCUT2D eigenvalue weighted by Crippen LogP contribution is 2.50. The summed E-state index contributed by atoms with van der Waals surface area (Å²) in [5, 5.41) is 10.7. The van der Waals surface area contributed by atoms with Gasteiger partial charge in [0.1, 0.15) is 11.0 Å². The van der Waals surface area contributed by atoms with Crippen molar-refractivity contribution in [2.45, 2.75) is 154 Å². The minimum absolute atomic E-state index is 0.821. The summed E-state index contributed by atoms with van der Waals surface area (Å²) in [5.41, 5.74) is 11.6. The smallest absolute Gasteiger partial charge is 0.114 e. The molecule has 0 bridgehead atoms. The van der Waals surface area contributed by atoms with Gasteiger partial charge in [0.05, 0.1) is 11.7 Å². The molecule has 61 heavy (non-hydrogen) atoms. The molecule has 2 nitrogen and oxygen atoms in total. The molecule has 4 aliphatic carbocycles. The summed E-state index contributed by atoms with van der Waals surface area (Å²) in [6.45, 7) is 0. The lowest BCUT2D eigenvalue weighted by molar-refractivity contribution is 0.348. The van der Waals surface area contributed by atoms with Crippen LogP contribution < -0.4 is 0 Å². The molecule has 0 N–H and O–H groups in total. The third-order valence-corrected chi connectivity index (χ3v) is 20.9. The molecule has 0 saturated heterocycles. The number of nitrogens with zero attached hydrogens (tertiary/aromatic N) is 2. The van der Waals surface area contributed by atoms with E-state index in [-0.39, 0.29) is 0 Å². The van der Waals surface area contributed by atoms with Crippen LogP contribution in [0.15, 0.2) is 47.2 Å². The normalized spacial score (nSPS) is 19.5. The molecule has 3 aromatic carbocycles. The zero-order valence-electron chi connectivity index (χ0n) is 35.8. The first-order valence-corrected chi connectivity index (χ1v) is 28.5. The molecule has 12 rings (SSSR count). The van der Waals surface area contributed by atoms with Crippen LogP contribution in [0.3, 0.4) is 0 Å². The van der Waals surface area contributed by atoms with Gasteiger partial charge in [-0.3, -0.25) is 0 Å². The van der Waals surface area contributed by atoms with E-state index in [4.69, 9.17) is 8.75 Å². The predicted octanol–water partition coefficient (Wildman–Crippen LogP) is 18.4. The molecule has 4 fully saturated rings. The van der Waals surface area contributed by atoms with E-state index < -0.39 is 0 Å². The van der Waals surface area contributed by atoms with Gasteiger partial charge in [-0.05, 0) is 107 Å². The van der Waals surface area contributed by atoms with Crippen molar-refractivity contribution in [2.75, 3.05) is 0 Å². The minimum atomic E-state index is 0.821. The Kier molecular flexibility index (Phi) is 11.4. The summed E-state index contributed by atoms with van der Waals surface area (Å²) >= 11 is 9.55. The van der Waals surface area contributed by atoms with Crippen LogP contribution in [-0.4, -0.2) is 8.75 Å². The first-order chi connectivity index (χ1) is 30.2. The Labute approximate surface area is 382 Å². The van der Waals surface area contributed by atoms with E-state index in [2.05, 4.69) is 69.8 Å². The van der Waals surface area contributed by atoms with E-state index in [1.54, 1.807) is 41.1 Å². The summed E-state index contributed by atoms with van der Waals surface area (Å²) in [6, 6.07) is 14.8. The van der Waals surface area contributed by atoms with Crippen molar-refractivity contribution < 1.29 is 0 Å². The molecule has 5 aromatic heterocycles. The topological polar surface area (TPSA) is 25.8 Å². The maximum Gasteiger partial charge on any atom is 0.114 e. The number of benzene rings is 3. The van der Waals surface area contributed by atoms with Crippen LogP contribution in [0.5, 0.6) is 0 Å². The lowest BCUT2D eigenvalue weighted by Gasteiger charge is -2.26. The van der Waals surface area contributed by atoms with Gasteiger partial charge in [-0.2, -0.15) is 8.75 Å². The van der Waals surface area contributed by atoms with Crippen LogP contribution in [0.25, 0.3) is 72.3 Å². The molecule has 4 aliphatic rings. The van der Waals surface area contributed by atoms with Gasteiger partial charge in [-0.15, -0.1) is 45.3 Å². The SMILES string of the molecule is c1cc2c(s1)c(CC1CCCCC1)c(CC1CCCCC1)c1sc(-c3ccc(-c4cc5c(s4)c(CC4CCCCC4)c(CC4CCCCC4)c4sccc45)c4nsnc34)cc12. The lowest BCUT2D eigenvalue weighted by Crippen LogP contribution is -2.14. The molecule has 316 valence electrons. The van der Waals surface area contributed by atoms with E-state index in [0.29, 0.717) is 0 Å². The fourth-order valence-corrected chi connectivity index (χ4v) is 17.9. The maximum atomic E-state index is 5.13. The van der Waals surface area contributed by atoms with Crippen molar-refractivity contribution in [3.05, 3.63) is 69.4 Å². The van der Waals surface area contributed by atoms with Gasteiger partial charge in [-0.1, -0.05) is 141 Å². The van der Waals surface area contributed by atoms with Crippen LogP contribution in [-0.2, 0) is 25.7 Å². The zero-order chi connectivity index (χ0) is 40.3. The number of rotatable bonds is 10. The number of aromatic nitrogens is 2. The Hall–Kier alpha value is -2.68. The number of thiophene rings is 4. The Morgan fingerprint density at radius 3 is 1.10 bits per heavy atom. The average molecular weight is 897 g/mol. The molecule has 4 saturated carbocycles. The van der Waals surface area contributed by atoms with Gasteiger partial charge < -0.3 is 0 Å². The Morgan fingerprint density at radius 1 is 0.393 bits per heavy atom. The maximum absolute atomic E-state index is 5.13. The summed E-state index contributed by atoms with van der Waals surface area (Å²) in [6.07, 6.45) is 33.3. The molecule has 0 spiro atoms. The van der Waals surface area contributed by atoms with E-state index >= 15 is 0 Å². The van der Waals surface area contributed by atoms with Crippen LogP contribution in [0.4, 0.5) is 0 Å². The molecular formula is C54H60N2S5. The second-order valence-corrected chi connectivity index (χ2v) is 24.4. The number of fused-ring (bicyclic) bond motifs is 7. The van der Waals surface area contributed by atoms with Crippen molar-refractivity contribution in [1.82, 2.24) is 8.75 Å². The van der Waals surface area contributed by atoms with Crippen LogP contribution in [0.1, 0.15) is 151 Å². The van der Waals surface area contributed by atoms with E-state index in [1.165, 1.54) is 208 Å². The molecule has 0 amide bonds. The second-order valence-electron chi connectivity index (χ2n) is 19.9. The van der Waals surface area contributed by atoms with E-state index in [9.17, 15) is 0 Å². The Morgan fingerprint density at radius 2 is 0.738 bits per heavy atom. The van der Waals surface area contributed by atoms with Gasteiger partial charge in [0.15, 0.2) is 0 Å². The molecule has 7 heteroatoms. The summed E-state index contributed by atoms with van der Waals surface area (Å²) < 4.78 is 16.6. The molecule has 0 unspecified atom stereocenters. The highest BCUT2D eigenvalue weighted by Gasteiger charge is 2.28.